The van der Waals surface area contributed by atoms with Crippen molar-refractivity contribution in [3.05, 3.63) is 65.9 Å². The molecule has 0 unspecified atom stereocenters. The van der Waals surface area contributed by atoms with Crippen molar-refractivity contribution in [2.75, 3.05) is 20.8 Å². The molecule has 27 heavy (non-hydrogen) atoms. The van der Waals surface area contributed by atoms with Crippen LogP contribution < -0.4 is 9.47 Å². The second-order valence-electron chi connectivity index (χ2n) is 5.60. The molecule has 0 saturated heterocycles. The van der Waals surface area contributed by atoms with Crippen LogP contribution in [0.2, 0.25) is 0 Å². The number of fused-ring (bicyclic) bond motifs is 1. The van der Waals surface area contributed by atoms with Crippen LogP contribution in [0.4, 0.5) is 0 Å². The predicted molar refractivity (Wildman–Crippen MR) is 100 cm³/mol. The third-order valence-corrected chi connectivity index (χ3v) is 3.88. The maximum absolute atomic E-state index is 12.1. The maximum Gasteiger partial charge on any atom is 0.331 e. The van der Waals surface area contributed by atoms with Gasteiger partial charge in [0.15, 0.2) is 23.9 Å². The summed E-state index contributed by atoms with van der Waals surface area (Å²) in [6.45, 7) is -0.405. The molecular formula is C21H18O6. The lowest BCUT2D eigenvalue weighted by Gasteiger charge is -2.09. The lowest BCUT2D eigenvalue weighted by molar-refractivity contribution is -0.136. The number of Topliss-reactive ketones (excluding diaryl/α,β-unsaturated/α-hetero) is 1. The van der Waals surface area contributed by atoms with Crippen LogP contribution in [-0.4, -0.2) is 32.6 Å². The number of esters is 1. The third kappa shape index (κ3) is 4.17. The van der Waals surface area contributed by atoms with Gasteiger partial charge in [-0.15, -0.1) is 0 Å². The fourth-order valence-electron chi connectivity index (χ4n) is 2.58. The Bertz CT molecular complexity index is 966. The van der Waals surface area contributed by atoms with Crippen LogP contribution in [0.3, 0.4) is 0 Å². The molecule has 1 heterocycles. The first kappa shape index (κ1) is 18.3. The zero-order chi connectivity index (χ0) is 19.2. The first-order chi connectivity index (χ1) is 13.1. The second-order valence-corrected chi connectivity index (χ2v) is 5.60. The van der Waals surface area contributed by atoms with Gasteiger partial charge in [0.05, 0.1) is 14.2 Å². The van der Waals surface area contributed by atoms with Crippen molar-refractivity contribution in [3.8, 4) is 11.5 Å². The highest BCUT2D eigenvalue weighted by Gasteiger charge is 2.14. The average molecular weight is 366 g/mol. The molecule has 0 aliphatic heterocycles. The van der Waals surface area contributed by atoms with Gasteiger partial charge in [0, 0.05) is 17.0 Å². The second kappa shape index (κ2) is 8.23. The number of hydrogen-bond donors (Lipinski definition) is 0. The van der Waals surface area contributed by atoms with E-state index in [9.17, 15) is 9.59 Å². The standard InChI is InChI=1S/C21H18O6/c1-24-18-9-5-7-14(21(18)25-2)10-11-20(23)26-13-16(22)19-12-15-6-3-4-8-17(15)27-19/h3-12H,13H2,1-2H3/b11-10+. The molecule has 0 fully saturated rings. The van der Waals surface area contributed by atoms with E-state index in [1.165, 1.54) is 26.4 Å². The number of rotatable bonds is 7. The summed E-state index contributed by atoms with van der Waals surface area (Å²) < 4.78 is 21.0. The zero-order valence-electron chi connectivity index (χ0n) is 14.9. The lowest BCUT2D eigenvalue weighted by atomic mass is 10.1. The number of ether oxygens (including phenoxy) is 3. The number of benzene rings is 2. The SMILES string of the molecule is COc1cccc(/C=C/C(=O)OCC(=O)c2cc3ccccc3o2)c1OC. The van der Waals surface area contributed by atoms with Crippen LogP contribution in [0, 0.1) is 0 Å². The number of furan rings is 1. The van der Waals surface area contributed by atoms with Crippen LogP contribution in [0.1, 0.15) is 16.1 Å². The highest BCUT2D eigenvalue weighted by Crippen LogP contribution is 2.31. The van der Waals surface area contributed by atoms with Crippen molar-refractivity contribution < 1.29 is 28.2 Å². The largest absolute Gasteiger partial charge is 0.493 e. The Morgan fingerprint density at radius 2 is 1.85 bits per heavy atom. The summed E-state index contributed by atoms with van der Waals surface area (Å²) in [5, 5.41) is 0.817. The van der Waals surface area contributed by atoms with E-state index >= 15 is 0 Å². The van der Waals surface area contributed by atoms with Crippen molar-refractivity contribution in [2.24, 2.45) is 0 Å². The molecule has 0 aliphatic carbocycles. The number of carbonyl (C=O) groups is 2. The third-order valence-electron chi connectivity index (χ3n) is 3.88. The molecule has 0 radical (unpaired) electrons. The fraction of sp³-hybridized carbons (Fsp3) is 0.143. The van der Waals surface area contributed by atoms with Gasteiger partial charge in [-0.3, -0.25) is 4.79 Å². The summed E-state index contributed by atoms with van der Waals surface area (Å²) in [7, 11) is 3.04. The Hall–Kier alpha value is -3.54. The van der Waals surface area contributed by atoms with Gasteiger partial charge in [-0.1, -0.05) is 30.3 Å². The van der Waals surface area contributed by atoms with Crippen LogP contribution in [0.5, 0.6) is 11.5 Å². The van der Waals surface area contributed by atoms with Crippen molar-refractivity contribution in [1.82, 2.24) is 0 Å². The van der Waals surface area contributed by atoms with Crippen molar-refractivity contribution in [3.63, 3.8) is 0 Å². The summed E-state index contributed by atoms with van der Waals surface area (Å²) in [6.07, 6.45) is 2.76. The molecular weight excluding hydrogens is 348 g/mol. The van der Waals surface area contributed by atoms with Crippen LogP contribution in [0.15, 0.2) is 59.0 Å². The molecule has 0 spiro atoms. The summed E-state index contributed by atoms with van der Waals surface area (Å²) in [4.78, 5) is 24.1. The Morgan fingerprint density at radius 3 is 2.59 bits per heavy atom. The van der Waals surface area contributed by atoms with E-state index in [1.54, 1.807) is 30.3 Å². The number of ketones is 1. The summed E-state index contributed by atoms with van der Waals surface area (Å²) in [5.74, 6) is 0.147. The highest BCUT2D eigenvalue weighted by atomic mass is 16.5. The molecule has 0 atom stereocenters. The highest BCUT2D eigenvalue weighted by molar-refractivity contribution is 5.99. The van der Waals surface area contributed by atoms with Gasteiger partial charge >= 0.3 is 5.97 Å². The molecule has 2 aromatic carbocycles. The molecule has 0 bridgehead atoms. The molecule has 0 aliphatic rings. The van der Waals surface area contributed by atoms with Crippen LogP contribution in [0.25, 0.3) is 17.0 Å². The van der Waals surface area contributed by atoms with E-state index in [2.05, 4.69) is 0 Å². The molecule has 1 aromatic heterocycles. The van der Waals surface area contributed by atoms with E-state index in [1.807, 2.05) is 18.2 Å². The zero-order valence-corrected chi connectivity index (χ0v) is 14.9. The summed E-state index contributed by atoms with van der Waals surface area (Å²) in [5.41, 5.74) is 1.26. The molecule has 0 saturated carbocycles. The number of para-hydroxylation sites is 2. The Balaban J connectivity index is 1.62. The molecule has 3 rings (SSSR count). The van der Waals surface area contributed by atoms with Gasteiger partial charge in [0.2, 0.25) is 5.78 Å². The monoisotopic (exact) mass is 366 g/mol. The molecule has 6 heteroatoms. The minimum Gasteiger partial charge on any atom is -0.493 e. The number of carbonyl (C=O) groups excluding carboxylic acids is 2. The molecule has 0 N–H and O–H groups in total. The lowest BCUT2D eigenvalue weighted by Crippen LogP contribution is -2.11. The van der Waals surface area contributed by atoms with E-state index in [4.69, 9.17) is 18.6 Å². The van der Waals surface area contributed by atoms with Crippen molar-refractivity contribution in [2.45, 2.75) is 0 Å². The molecule has 0 amide bonds. The minimum atomic E-state index is -0.649. The van der Waals surface area contributed by atoms with E-state index < -0.39 is 18.4 Å². The quantitative estimate of drug-likeness (QED) is 0.359. The predicted octanol–water partition coefficient (Wildman–Crippen LogP) is 3.89. The van der Waals surface area contributed by atoms with Gasteiger partial charge in [-0.05, 0) is 24.3 Å². The van der Waals surface area contributed by atoms with Gasteiger partial charge in [-0.25, -0.2) is 4.79 Å². The Kier molecular flexibility index (Phi) is 5.56. The van der Waals surface area contributed by atoms with Crippen molar-refractivity contribution >= 4 is 28.8 Å². The van der Waals surface area contributed by atoms with Gasteiger partial charge in [0.25, 0.3) is 0 Å². The normalized spacial score (nSPS) is 10.9. The van der Waals surface area contributed by atoms with E-state index in [0.717, 1.165) is 5.39 Å². The molecule has 6 nitrogen and oxygen atoms in total. The van der Waals surface area contributed by atoms with Gasteiger partial charge in [0.1, 0.15) is 5.58 Å². The number of hydrogen-bond acceptors (Lipinski definition) is 6. The molecule has 138 valence electrons. The van der Waals surface area contributed by atoms with E-state index in [-0.39, 0.29) is 5.76 Å². The smallest absolute Gasteiger partial charge is 0.331 e. The van der Waals surface area contributed by atoms with Crippen molar-refractivity contribution in [1.29, 1.82) is 0 Å². The summed E-state index contributed by atoms with van der Waals surface area (Å²) in [6, 6.07) is 14.2. The Morgan fingerprint density at radius 1 is 1.04 bits per heavy atom. The first-order valence-electron chi connectivity index (χ1n) is 8.20. The fourth-order valence-corrected chi connectivity index (χ4v) is 2.58. The van der Waals surface area contributed by atoms with E-state index in [0.29, 0.717) is 22.6 Å². The van der Waals surface area contributed by atoms with Gasteiger partial charge < -0.3 is 18.6 Å². The molecule has 3 aromatic rings. The maximum atomic E-state index is 12.1. The topological polar surface area (TPSA) is 75.0 Å². The van der Waals surface area contributed by atoms with Gasteiger partial charge in [-0.2, -0.15) is 0 Å². The van der Waals surface area contributed by atoms with Crippen LogP contribution in [-0.2, 0) is 9.53 Å². The average Bonchev–Trinajstić information content (AvgIpc) is 3.14. The van der Waals surface area contributed by atoms with Crippen LogP contribution >= 0.6 is 0 Å². The minimum absolute atomic E-state index is 0.155. The number of methoxy groups -OCH3 is 2. The Labute approximate surface area is 155 Å². The summed E-state index contributed by atoms with van der Waals surface area (Å²) >= 11 is 0. The first-order valence-corrected chi connectivity index (χ1v) is 8.20.